The summed E-state index contributed by atoms with van der Waals surface area (Å²) in [7, 11) is 0. The Balaban J connectivity index is 1.98. The number of rotatable bonds is 2. The number of nitrogens with zero attached hydrogens (tertiary/aromatic N) is 1. The van der Waals surface area contributed by atoms with Crippen molar-refractivity contribution >= 4 is 32.4 Å². The summed E-state index contributed by atoms with van der Waals surface area (Å²) < 4.78 is 13.9. The molecule has 0 saturated heterocycles. The molecular formula is C14H11FN2S. The van der Waals surface area contributed by atoms with E-state index < -0.39 is 0 Å². The van der Waals surface area contributed by atoms with Crippen LogP contribution in [0.1, 0.15) is 5.56 Å². The van der Waals surface area contributed by atoms with Crippen LogP contribution >= 0.6 is 11.3 Å². The van der Waals surface area contributed by atoms with Crippen molar-refractivity contribution in [3.63, 3.8) is 0 Å². The number of nitrogens with one attached hydrogen (secondary N) is 1. The summed E-state index contributed by atoms with van der Waals surface area (Å²) >= 11 is 1.45. The van der Waals surface area contributed by atoms with Crippen LogP contribution in [0.3, 0.4) is 0 Å². The molecule has 0 fully saturated rings. The highest BCUT2D eigenvalue weighted by molar-refractivity contribution is 7.22. The molecule has 1 N–H and O–H groups in total. The summed E-state index contributed by atoms with van der Waals surface area (Å²) in [5.74, 6) is -0.228. The van der Waals surface area contributed by atoms with Gasteiger partial charge in [-0.25, -0.2) is 9.37 Å². The fraction of sp³-hybridized carbons (Fsp3) is 0.0714. The van der Waals surface area contributed by atoms with E-state index in [1.54, 1.807) is 6.07 Å². The number of anilines is 2. The van der Waals surface area contributed by atoms with Crippen molar-refractivity contribution in [1.29, 1.82) is 0 Å². The van der Waals surface area contributed by atoms with Gasteiger partial charge in [-0.3, -0.25) is 0 Å². The highest BCUT2D eigenvalue weighted by Gasteiger charge is 2.05. The molecule has 3 aromatic rings. The summed E-state index contributed by atoms with van der Waals surface area (Å²) in [6.07, 6.45) is 0. The number of fused-ring (bicyclic) bond motifs is 1. The van der Waals surface area contributed by atoms with Gasteiger partial charge in [0.25, 0.3) is 0 Å². The molecule has 0 unspecified atom stereocenters. The highest BCUT2D eigenvalue weighted by Crippen LogP contribution is 2.29. The minimum Gasteiger partial charge on any atom is -0.331 e. The molecule has 0 aliphatic heterocycles. The fourth-order valence-electron chi connectivity index (χ4n) is 1.78. The highest BCUT2D eigenvalue weighted by atomic mass is 32.1. The SMILES string of the molecule is Cc1ccccc1Nc1nc2ccc(F)cc2s1. The molecule has 3 rings (SSSR count). The molecule has 0 aliphatic rings. The van der Waals surface area contributed by atoms with E-state index >= 15 is 0 Å². The lowest BCUT2D eigenvalue weighted by Crippen LogP contribution is -1.91. The monoisotopic (exact) mass is 258 g/mol. The lowest BCUT2D eigenvalue weighted by atomic mass is 10.2. The van der Waals surface area contributed by atoms with Crippen molar-refractivity contribution in [3.8, 4) is 0 Å². The van der Waals surface area contributed by atoms with E-state index in [4.69, 9.17) is 0 Å². The van der Waals surface area contributed by atoms with Crippen LogP contribution in [0.25, 0.3) is 10.2 Å². The molecule has 0 bridgehead atoms. The predicted molar refractivity (Wildman–Crippen MR) is 74.0 cm³/mol. The number of benzene rings is 2. The van der Waals surface area contributed by atoms with E-state index in [-0.39, 0.29) is 5.82 Å². The van der Waals surface area contributed by atoms with E-state index in [9.17, 15) is 4.39 Å². The maximum atomic E-state index is 13.1. The second kappa shape index (κ2) is 4.38. The van der Waals surface area contributed by atoms with Gasteiger partial charge in [-0.1, -0.05) is 29.5 Å². The molecule has 1 aromatic heterocycles. The molecule has 0 spiro atoms. The third kappa shape index (κ3) is 2.07. The van der Waals surface area contributed by atoms with Crippen LogP contribution in [0, 0.1) is 12.7 Å². The third-order valence-corrected chi connectivity index (χ3v) is 3.67. The minimum atomic E-state index is -0.228. The van der Waals surface area contributed by atoms with Gasteiger partial charge in [0.05, 0.1) is 10.2 Å². The molecule has 0 saturated carbocycles. The summed E-state index contributed by atoms with van der Waals surface area (Å²) in [6.45, 7) is 2.04. The van der Waals surface area contributed by atoms with Gasteiger partial charge in [0.15, 0.2) is 5.13 Å². The van der Waals surface area contributed by atoms with Crippen LogP contribution in [0.5, 0.6) is 0 Å². The van der Waals surface area contributed by atoms with Crippen LogP contribution < -0.4 is 5.32 Å². The quantitative estimate of drug-likeness (QED) is 0.732. The number of thiazole rings is 1. The Morgan fingerprint density at radius 3 is 2.83 bits per heavy atom. The lowest BCUT2D eigenvalue weighted by molar-refractivity contribution is 0.630. The van der Waals surface area contributed by atoms with Crippen LogP contribution in [-0.2, 0) is 0 Å². The molecule has 90 valence electrons. The summed E-state index contributed by atoms with van der Waals surface area (Å²) in [6, 6.07) is 12.6. The Morgan fingerprint density at radius 1 is 1.17 bits per heavy atom. The van der Waals surface area contributed by atoms with E-state index in [0.717, 1.165) is 26.6 Å². The van der Waals surface area contributed by atoms with Gasteiger partial charge in [-0.2, -0.15) is 0 Å². The summed E-state index contributed by atoms with van der Waals surface area (Å²) in [4.78, 5) is 4.43. The Kier molecular flexibility index (Phi) is 2.72. The zero-order valence-electron chi connectivity index (χ0n) is 9.77. The fourth-order valence-corrected chi connectivity index (χ4v) is 2.68. The van der Waals surface area contributed by atoms with Gasteiger partial charge in [0.2, 0.25) is 0 Å². The van der Waals surface area contributed by atoms with Gasteiger partial charge in [-0.05, 0) is 36.8 Å². The van der Waals surface area contributed by atoms with Gasteiger partial charge in [-0.15, -0.1) is 0 Å². The molecule has 4 heteroatoms. The standard InChI is InChI=1S/C14H11FN2S/c1-9-4-2-3-5-11(9)16-14-17-12-7-6-10(15)8-13(12)18-14/h2-8H,1H3,(H,16,17). The second-order valence-electron chi connectivity index (χ2n) is 4.07. The summed E-state index contributed by atoms with van der Waals surface area (Å²) in [5, 5.41) is 4.05. The van der Waals surface area contributed by atoms with Gasteiger partial charge in [0, 0.05) is 5.69 Å². The number of para-hydroxylation sites is 1. The van der Waals surface area contributed by atoms with Crippen LogP contribution in [0.2, 0.25) is 0 Å². The first-order valence-electron chi connectivity index (χ1n) is 5.61. The van der Waals surface area contributed by atoms with E-state index in [0.29, 0.717) is 0 Å². The Morgan fingerprint density at radius 2 is 2.00 bits per heavy atom. The number of aromatic nitrogens is 1. The van der Waals surface area contributed by atoms with Gasteiger partial charge in [0.1, 0.15) is 5.82 Å². The lowest BCUT2D eigenvalue weighted by Gasteiger charge is -2.04. The maximum Gasteiger partial charge on any atom is 0.188 e. The second-order valence-corrected chi connectivity index (χ2v) is 5.10. The van der Waals surface area contributed by atoms with Crippen molar-refractivity contribution in [3.05, 3.63) is 53.8 Å². The Labute approximate surface area is 108 Å². The van der Waals surface area contributed by atoms with E-state index in [2.05, 4.69) is 10.3 Å². The largest absolute Gasteiger partial charge is 0.331 e. The maximum absolute atomic E-state index is 13.1. The molecule has 18 heavy (non-hydrogen) atoms. The molecule has 0 aliphatic carbocycles. The van der Waals surface area contributed by atoms with Crippen LogP contribution in [0.4, 0.5) is 15.2 Å². The first-order valence-corrected chi connectivity index (χ1v) is 6.43. The van der Waals surface area contributed by atoms with Crippen molar-refractivity contribution < 1.29 is 4.39 Å². The Hall–Kier alpha value is -1.94. The van der Waals surface area contributed by atoms with Crippen LogP contribution in [-0.4, -0.2) is 4.98 Å². The number of hydrogen-bond acceptors (Lipinski definition) is 3. The van der Waals surface area contributed by atoms with Crippen molar-refractivity contribution in [1.82, 2.24) is 4.98 Å². The first-order chi connectivity index (χ1) is 8.72. The van der Waals surface area contributed by atoms with Crippen LogP contribution in [0.15, 0.2) is 42.5 Å². The van der Waals surface area contributed by atoms with Gasteiger partial charge < -0.3 is 5.32 Å². The smallest absolute Gasteiger partial charge is 0.188 e. The number of halogens is 1. The summed E-state index contributed by atoms with van der Waals surface area (Å²) in [5.41, 5.74) is 3.00. The third-order valence-electron chi connectivity index (χ3n) is 2.74. The molecule has 0 radical (unpaired) electrons. The number of hydrogen-bond donors (Lipinski definition) is 1. The average Bonchev–Trinajstić information content (AvgIpc) is 2.73. The molecule has 1 heterocycles. The zero-order chi connectivity index (χ0) is 12.5. The minimum absolute atomic E-state index is 0.228. The molecular weight excluding hydrogens is 247 g/mol. The van der Waals surface area contributed by atoms with E-state index in [1.807, 2.05) is 31.2 Å². The molecule has 2 aromatic carbocycles. The zero-order valence-corrected chi connectivity index (χ0v) is 10.6. The predicted octanol–water partition coefficient (Wildman–Crippen LogP) is 4.49. The molecule has 2 nitrogen and oxygen atoms in total. The van der Waals surface area contributed by atoms with Crippen molar-refractivity contribution in [2.24, 2.45) is 0 Å². The number of aryl methyl sites for hydroxylation is 1. The van der Waals surface area contributed by atoms with E-state index in [1.165, 1.54) is 23.5 Å². The van der Waals surface area contributed by atoms with Crippen molar-refractivity contribution in [2.45, 2.75) is 6.92 Å². The van der Waals surface area contributed by atoms with Gasteiger partial charge >= 0.3 is 0 Å². The van der Waals surface area contributed by atoms with Crippen molar-refractivity contribution in [2.75, 3.05) is 5.32 Å². The first kappa shape index (κ1) is 11.2. The topological polar surface area (TPSA) is 24.9 Å². The normalized spacial score (nSPS) is 10.8. The molecule has 0 amide bonds. The molecule has 0 atom stereocenters. The Bertz CT molecular complexity index is 706. The average molecular weight is 258 g/mol.